The lowest BCUT2D eigenvalue weighted by Gasteiger charge is -2.27. The number of hydrogen-bond donors (Lipinski definition) is 2. The van der Waals surface area contributed by atoms with Gasteiger partial charge in [-0.3, -0.25) is 9.58 Å². The third-order valence-electron chi connectivity index (χ3n) is 3.23. The SMILES string of the molecule is Cn1ccc(CN(C(=O)OC(C)(C)C)c2ccc(C(=O)O)c(O)c2)n1. The van der Waals surface area contributed by atoms with Gasteiger partial charge in [-0.15, -0.1) is 0 Å². The van der Waals surface area contributed by atoms with Gasteiger partial charge in [0.2, 0.25) is 0 Å². The summed E-state index contributed by atoms with van der Waals surface area (Å²) in [7, 11) is 1.76. The van der Waals surface area contributed by atoms with Gasteiger partial charge < -0.3 is 14.9 Å². The lowest BCUT2D eigenvalue weighted by Crippen LogP contribution is -2.36. The highest BCUT2D eigenvalue weighted by Gasteiger charge is 2.25. The molecule has 1 aromatic heterocycles. The summed E-state index contributed by atoms with van der Waals surface area (Å²) in [5, 5.41) is 23.2. The second kappa shape index (κ2) is 6.84. The summed E-state index contributed by atoms with van der Waals surface area (Å²) >= 11 is 0. The van der Waals surface area contributed by atoms with Crippen molar-refractivity contribution in [3.63, 3.8) is 0 Å². The van der Waals surface area contributed by atoms with E-state index in [-0.39, 0.29) is 12.1 Å². The van der Waals surface area contributed by atoms with Gasteiger partial charge in [-0.25, -0.2) is 9.59 Å². The summed E-state index contributed by atoms with van der Waals surface area (Å²) in [4.78, 5) is 24.9. The molecule has 1 aromatic carbocycles. The molecule has 0 aliphatic heterocycles. The first-order chi connectivity index (χ1) is 11.6. The first kappa shape index (κ1) is 18.3. The molecule has 0 aliphatic rings. The van der Waals surface area contributed by atoms with Gasteiger partial charge in [0.1, 0.15) is 16.9 Å². The van der Waals surface area contributed by atoms with E-state index in [1.165, 1.54) is 23.1 Å². The molecule has 2 aromatic rings. The minimum Gasteiger partial charge on any atom is -0.507 e. The number of carbonyl (C=O) groups excluding carboxylic acids is 1. The molecule has 0 radical (unpaired) electrons. The molecule has 0 atom stereocenters. The predicted octanol–water partition coefficient (Wildman–Crippen LogP) is 2.77. The van der Waals surface area contributed by atoms with Crippen LogP contribution in [0.5, 0.6) is 5.75 Å². The second-order valence-corrected chi connectivity index (χ2v) is 6.55. The number of phenols is 1. The van der Waals surface area contributed by atoms with Crippen molar-refractivity contribution in [1.29, 1.82) is 0 Å². The molecular formula is C17H21N3O5. The van der Waals surface area contributed by atoms with Gasteiger partial charge in [-0.1, -0.05) is 0 Å². The topological polar surface area (TPSA) is 105 Å². The number of aromatic nitrogens is 2. The molecule has 1 heterocycles. The Morgan fingerprint density at radius 2 is 1.96 bits per heavy atom. The smallest absolute Gasteiger partial charge is 0.415 e. The minimum absolute atomic E-state index is 0.113. The Balaban J connectivity index is 2.38. The first-order valence-electron chi connectivity index (χ1n) is 7.62. The van der Waals surface area contributed by atoms with E-state index < -0.39 is 23.4 Å². The molecular weight excluding hydrogens is 326 g/mol. The van der Waals surface area contributed by atoms with E-state index >= 15 is 0 Å². The summed E-state index contributed by atoms with van der Waals surface area (Å²) in [5.74, 6) is -1.68. The molecule has 0 spiro atoms. The molecule has 0 bridgehead atoms. The fourth-order valence-corrected chi connectivity index (χ4v) is 2.16. The van der Waals surface area contributed by atoms with E-state index in [0.29, 0.717) is 11.4 Å². The summed E-state index contributed by atoms with van der Waals surface area (Å²) in [6.07, 6.45) is 1.12. The third kappa shape index (κ3) is 4.72. The standard InChI is InChI=1S/C17H21N3O5/c1-17(2,3)25-16(24)20(10-11-7-8-19(4)18-11)12-5-6-13(15(22)23)14(21)9-12/h5-9,21H,10H2,1-4H3,(H,22,23). The predicted molar refractivity (Wildman–Crippen MR) is 90.7 cm³/mol. The monoisotopic (exact) mass is 347 g/mol. The summed E-state index contributed by atoms with van der Waals surface area (Å²) < 4.78 is 7.01. The fourth-order valence-electron chi connectivity index (χ4n) is 2.16. The zero-order valence-corrected chi connectivity index (χ0v) is 14.6. The normalized spacial score (nSPS) is 11.2. The third-order valence-corrected chi connectivity index (χ3v) is 3.23. The Kier molecular flexibility index (Phi) is 5.01. The quantitative estimate of drug-likeness (QED) is 0.881. The van der Waals surface area contributed by atoms with E-state index in [0.717, 1.165) is 0 Å². The van der Waals surface area contributed by atoms with Crippen molar-refractivity contribution in [2.45, 2.75) is 32.9 Å². The largest absolute Gasteiger partial charge is 0.507 e. The number of aromatic hydroxyl groups is 1. The average molecular weight is 347 g/mol. The number of nitrogens with zero attached hydrogens (tertiary/aromatic N) is 3. The number of ether oxygens (including phenoxy) is 1. The van der Waals surface area contributed by atoms with Crippen LogP contribution < -0.4 is 4.90 Å². The lowest BCUT2D eigenvalue weighted by molar-refractivity contribution is 0.0576. The molecule has 1 amide bonds. The number of aromatic carboxylic acids is 1. The number of aryl methyl sites for hydroxylation is 1. The van der Waals surface area contributed by atoms with Crippen LogP contribution in [0.25, 0.3) is 0 Å². The molecule has 2 rings (SSSR count). The molecule has 25 heavy (non-hydrogen) atoms. The van der Waals surface area contributed by atoms with Gasteiger partial charge >= 0.3 is 12.1 Å². The Morgan fingerprint density at radius 3 is 2.44 bits per heavy atom. The van der Waals surface area contributed by atoms with Crippen LogP contribution >= 0.6 is 0 Å². The molecule has 0 aliphatic carbocycles. The van der Waals surface area contributed by atoms with Crippen LogP contribution in [0.15, 0.2) is 30.5 Å². The van der Waals surface area contributed by atoms with E-state index in [2.05, 4.69) is 5.10 Å². The Bertz CT molecular complexity index is 792. The first-order valence-corrected chi connectivity index (χ1v) is 7.62. The number of anilines is 1. The van der Waals surface area contributed by atoms with Gasteiger partial charge in [0.25, 0.3) is 0 Å². The van der Waals surface area contributed by atoms with Crippen molar-refractivity contribution >= 4 is 17.7 Å². The van der Waals surface area contributed by atoms with E-state index in [1.54, 1.807) is 44.8 Å². The second-order valence-electron chi connectivity index (χ2n) is 6.55. The maximum absolute atomic E-state index is 12.6. The Morgan fingerprint density at radius 1 is 1.28 bits per heavy atom. The van der Waals surface area contributed by atoms with Crippen LogP contribution in [-0.2, 0) is 18.3 Å². The lowest BCUT2D eigenvalue weighted by atomic mass is 10.1. The number of hydrogen-bond acceptors (Lipinski definition) is 5. The number of rotatable bonds is 4. The fraction of sp³-hybridized carbons (Fsp3) is 0.353. The summed E-state index contributed by atoms with van der Waals surface area (Å²) in [6.45, 7) is 5.35. The molecule has 0 saturated heterocycles. The zero-order valence-electron chi connectivity index (χ0n) is 14.6. The number of carboxylic acids is 1. The molecule has 0 unspecified atom stereocenters. The maximum Gasteiger partial charge on any atom is 0.415 e. The molecule has 0 saturated carbocycles. The van der Waals surface area contributed by atoms with Gasteiger partial charge in [0.15, 0.2) is 0 Å². The average Bonchev–Trinajstić information content (AvgIpc) is 2.87. The molecule has 2 N–H and O–H groups in total. The highest BCUT2D eigenvalue weighted by atomic mass is 16.6. The number of carbonyl (C=O) groups is 2. The van der Waals surface area contributed by atoms with Gasteiger partial charge in [0.05, 0.1) is 17.9 Å². The van der Waals surface area contributed by atoms with Crippen molar-refractivity contribution in [3.05, 3.63) is 41.7 Å². The maximum atomic E-state index is 12.6. The van der Waals surface area contributed by atoms with Crippen molar-refractivity contribution < 1.29 is 24.5 Å². The van der Waals surface area contributed by atoms with E-state index in [9.17, 15) is 14.7 Å². The molecule has 8 heteroatoms. The van der Waals surface area contributed by atoms with Crippen LogP contribution in [0.3, 0.4) is 0 Å². The molecule has 8 nitrogen and oxygen atoms in total. The van der Waals surface area contributed by atoms with E-state index in [4.69, 9.17) is 9.84 Å². The highest BCUT2D eigenvalue weighted by Crippen LogP contribution is 2.27. The van der Waals surface area contributed by atoms with Gasteiger partial charge in [-0.05, 0) is 39.0 Å². The van der Waals surface area contributed by atoms with Crippen LogP contribution in [0.1, 0.15) is 36.8 Å². The summed E-state index contributed by atoms with van der Waals surface area (Å²) in [5.41, 5.74) is -0.0223. The van der Waals surface area contributed by atoms with Crippen molar-refractivity contribution in [1.82, 2.24) is 9.78 Å². The van der Waals surface area contributed by atoms with Gasteiger partial charge in [0, 0.05) is 19.3 Å². The summed E-state index contributed by atoms with van der Waals surface area (Å²) in [6, 6.07) is 5.65. The molecule has 0 fully saturated rings. The van der Waals surface area contributed by atoms with E-state index in [1.807, 2.05) is 0 Å². The van der Waals surface area contributed by atoms with Gasteiger partial charge in [-0.2, -0.15) is 5.10 Å². The van der Waals surface area contributed by atoms with Crippen LogP contribution in [0.4, 0.5) is 10.5 Å². The zero-order chi connectivity index (χ0) is 18.8. The minimum atomic E-state index is -1.25. The van der Waals surface area contributed by atoms with Crippen molar-refractivity contribution in [2.24, 2.45) is 7.05 Å². The molecule has 134 valence electrons. The Labute approximate surface area is 145 Å². The van der Waals surface area contributed by atoms with Crippen LogP contribution in [0, 0.1) is 0 Å². The van der Waals surface area contributed by atoms with Crippen LogP contribution in [-0.4, -0.2) is 37.7 Å². The number of carboxylic acid groups (broad SMARTS) is 1. The van der Waals surface area contributed by atoms with Crippen molar-refractivity contribution in [2.75, 3.05) is 4.90 Å². The van der Waals surface area contributed by atoms with Crippen LogP contribution in [0.2, 0.25) is 0 Å². The number of amides is 1. The highest BCUT2D eigenvalue weighted by molar-refractivity contribution is 5.93. The Hall–Kier alpha value is -3.03. The number of benzene rings is 1. The van der Waals surface area contributed by atoms with Crippen molar-refractivity contribution in [3.8, 4) is 5.75 Å².